The van der Waals surface area contributed by atoms with Crippen LogP contribution in [0.5, 0.6) is 23.0 Å². The smallest absolute Gasteiger partial charge is 0.428 e. The number of benzene rings is 4. The first-order valence-electron chi connectivity index (χ1n) is 22.4. The molecule has 0 aromatic heterocycles. The summed E-state index contributed by atoms with van der Waals surface area (Å²) in [5, 5.41) is 0. The van der Waals surface area contributed by atoms with Crippen LogP contribution in [-0.4, -0.2) is 11.8 Å². The lowest BCUT2D eigenvalue weighted by Crippen LogP contribution is -2.26. The molecule has 0 bridgehead atoms. The Bertz CT molecular complexity index is 2180. The Morgan fingerprint density at radius 3 is 1.21 bits per heavy atom. The number of carbonyl (C=O) groups is 1. The molecule has 0 radical (unpaired) electrons. The molecule has 4 aromatic carbocycles. The van der Waals surface area contributed by atoms with E-state index in [4.69, 9.17) is 23.0 Å². The van der Waals surface area contributed by atoms with E-state index < -0.39 is 20.4 Å². The largest absolute Gasteiger partial charge is 0.530 e. The lowest BCUT2D eigenvalue weighted by Gasteiger charge is -2.31. The Balaban J connectivity index is 2.15. The predicted molar refractivity (Wildman–Crippen MR) is 262 cm³/mol. The van der Waals surface area contributed by atoms with Crippen molar-refractivity contribution in [2.24, 2.45) is 0 Å². The highest BCUT2D eigenvalue weighted by atomic mass is 31.2. The van der Waals surface area contributed by atoms with E-state index >= 15 is 0 Å². The van der Waals surface area contributed by atoms with Gasteiger partial charge in [0, 0.05) is 22.3 Å². The minimum atomic E-state index is -2.18. The third kappa shape index (κ3) is 12.0. The van der Waals surface area contributed by atoms with Gasteiger partial charge < -0.3 is 23.0 Å². The van der Waals surface area contributed by atoms with E-state index in [0.717, 1.165) is 55.6 Å². The van der Waals surface area contributed by atoms with Gasteiger partial charge in [0.15, 0.2) is 0 Å². The lowest BCUT2D eigenvalue weighted by atomic mass is 9.80. The molecule has 0 spiro atoms. The van der Waals surface area contributed by atoms with Crippen LogP contribution in [0.4, 0.5) is 4.79 Å². The van der Waals surface area contributed by atoms with Crippen LogP contribution < -0.4 is 18.3 Å². The first kappa shape index (κ1) is 50.6. The minimum Gasteiger partial charge on any atom is -0.428 e. The van der Waals surface area contributed by atoms with Gasteiger partial charge >= 0.3 is 14.8 Å². The zero-order chi connectivity index (χ0) is 47.2. The Morgan fingerprint density at radius 1 is 0.500 bits per heavy atom. The van der Waals surface area contributed by atoms with Crippen molar-refractivity contribution >= 4 is 14.8 Å². The molecule has 0 fully saturated rings. The average Bonchev–Trinajstić information content (AvgIpc) is 3.09. The fraction of sp³-hybridized carbons (Fsp3) is 0.545. The molecule has 7 heteroatoms. The summed E-state index contributed by atoms with van der Waals surface area (Å²) >= 11 is 0. The third-order valence-corrected chi connectivity index (χ3v) is 12.6. The molecule has 0 N–H and O–H groups in total. The van der Waals surface area contributed by atoms with Crippen LogP contribution in [0.25, 0.3) is 11.1 Å². The molecule has 0 aliphatic carbocycles. The van der Waals surface area contributed by atoms with Crippen molar-refractivity contribution in [3.05, 3.63) is 104 Å². The van der Waals surface area contributed by atoms with Gasteiger partial charge in [0.2, 0.25) is 0 Å². The summed E-state index contributed by atoms with van der Waals surface area (Å²) < 4.78 is 34.0. The SMILES string of the molecule is Cc1cc(C(C)C)c(OC(=O)OC(C)(C)C)c(-c2c(C)c(C)cc(C(C)C)c2OP(Oc2ccc(C(C)(C)C)cc2C(C)(C)C)Oc2ccc(C(C)(C)C)cc2C(C)(C)C)c1C. The number of hydrogen-bond acceptors (Lipinski definition) is 6. The van der Waals surface area contributed by atoms with Gasteiger partial charge in [-0.2, -0.15) is 0 Å². The van der Waals surface area contributed by atoms with Crippen LogP contribution in [0.15, 0.2) is 48.5 Å². The molecule has 0 saturated heterocycles. The topological polar surface area (TPSA) is 63.2 Å². The fourth-order valence-electron chi connectivity index (χ4n) is 7.48. The van der Waals surface area contributed by atoms with Crippen molar-refractivity contribution in [1.82, 2.24) is 0 Å². The van der Waals surface area contributed by atoms with E-state index in [1.54, 1.807) is 0 Å². The Morgan fingerprint density at radius 2 is 0.871 bits per heavy atom. The number of ether oxygens (including phenoxy) is 2. The first-order valence-corrected chi connectivity index (χ1v) is 23.5. The second-order valence-corrected chi connectivity index (χ2v) is 24.0. The van der Waals surface area contributed by atoms with Crippen LogP contribution >= 0.6 is 8.60 Å². The third-order valence-electron chi connectivity index (χ3n) is 11.5. The molecule has 0 aliphatic heterocycles. The van der Waals surface area contributed by atoms with Crippen molar-refractivity contribution in [2.75, 3.05) is 0 Å². The highest BCUT2D eigenvalue weighted by Gasteiger charge is 2.35. The molecule has 62 heavy (non-hydrogen) atoms. The second kappa shape index (κ2) is 18.2. The minimum absolute atomic E-state index is 0.0344. The van der Waals surface area contributed by atoms with Gasteiger partial charge in [-0.25, -0.2) is 4.79 Å². The van der Waals surface area contributed by atoms with Gasteiger partial charge in [-0.15, -0.1) is 0 Å². The van der Waals surface area contributed by atoms with Gasteiger partial charge in [-0.3, -0.25) is 0 Å². The number of aryl methyl sites for hydroxylation is 2. The quantitative estimate of drug-likeness (QED) is 0.0899. The molecule has 4 rings (SSSR count). The molecular formula is C55H79O6P. The number of hydrogen-bond donors (Lipinski definition) is 0. The van der Waals surface area contributed by atoms with E-state index in [-0.39, 0.29) is 33.5 Å². The highest BCUT2D eigenvalue weighted by Crippen LogP contribution is 2.55. The van der Waals surface area contributed by atoms with Crippen LogP contribution in [-0.2, 0) is 26.4 Å². The zero-order valence-electron chi connectivity index (χ0n) is 42.7. The standard InChI is InChI=1S/C55H79O6P/c1-32(2)40-28-34(5)36(7)46(48(40)57-50(56)58-55(21,22)23)47-37(8)35(6)29-41(33(3)4)49(47)61-62(59-44-26-24-38(51(9,10)11)30-42(44)53(15,16)17)60-45-27-25-39(52(12,13)14)31-43(45)54(18,19)20/h24-33H,1-23H3. The van der Waals surface area contributed by atoms with E-state index in [1.807, 2.05) is 20.8 Å². The molecule has 0 saturated carbocycles. The molecule has 340 valence electrons. The summed E-state index contributed by atoms with van der Waals surface area (Å²) in [6.45, 7) is 49.3. The summed E-state index contributed by atoms with van der Waals surface area (Å²) in [4.78, 5) is 13.7. The van der Waals surface area contributed by atoms with E-state index in [9.17, 15) is 4.79 Å². The summed E-state index contributed by atoms with van der Waals surface area (Å²) in [5.41, 5.74) is 10.9. The zero-order valence-corrected chi connectivity index (χ0v) is 43.6. The highest BCUT2D eigenvalue weighted by molar-refractivity contribution is 7.43. The summed E-state index contributed by atoms with van der Waals surface area (Å²) in [7, 11) is -2.18. The maximum Gasteiger partial charge on any atom is 0.530 e. The Hall–Kier alpha value is -4.02. The lowest BCUT2D eigenvalue weighted by molar-refractivity contribution is 0.0205. The fourth-order valence-corrected chi connectivity index (χ4v) is 8.57. The van der Waals surface area contributed by atoms with E-state index in [2.05, 4.69) is 187 Å². The molecule has 0 amide bonds. The average molecular weight is 867 g/mol. The first-order chi connectivity index (χ1) is 28.1. The summed E-state index contributed by atoms with van der Waals surface area (Å²) in [6, 6.07) is 17.3. The van der Waals surface area contributed by atoms with Crippen molar-refractivity contribution in [1.29, 1.82) is 0 Å². The second-order valence-electron chi connectivity index (χ2n) is 23.0. The molecular weight excluding hydrogens is 788 g/mol. The van der Waals surface area contributed by atoms with Crippen molar-refractivity contribution in [2.45, 2.75) is 198 Å². The van der Waals surface area contributed by atoms with Gasteiger partial charge in [-0.1, -0.05) is 147 Å². The monoisotopic (exact) mass is 867 g/mol. The van der Waals surface area contributed by atoms with Crippen molar-refractivity contribution < 1.29 is 27.8 Å². The Kier molecular flexibility index (Phi) is 14.9. The van der Waals surface area contributed by atoms with Gasteiger partial charge in [0.25, 0.3) is 0 Å². The number of carbonyl (C=O) groups excluding carboxylic acids is 1. The van der Waals surface area contributed by atoms with Crippen molar-refractivity contribution in [3.8, 4) is 34.1 Å². The molecule has 6 nitrogen and oxygen atoms in total. The van der Waals surface area contributed by atoms with Crippen LogP contribution in [0.1, 0.15) is 199 Å². The van der Waals surface area contributed by atoms with Gasteiger partial charge in [0.05, 0.1) is 0 Å². The van der Waals surface area contributed by atoms with Gasteiger partial charge in [-0.05, 0) is 139 Å². The summed E-state index contributed by atoms with van der Waals surface area (Å²) in [6.07, 6.45) is -0.753. The van der Waals surface area contributed by atoms with Crippen LogP contribution in [0.3, 0.4) is 0 Å². The maximum atomic E-state index is 13.7. The van der Waals surface area contributed by atoms with E-state index in [0.29, 0.717) is 23.0 Å². The Labute approximate surface area is 377 Å². The van der Waals surface area contributed by atoms with Crippen molar-refractivity contribution in [3.63, 3.8) is 0 Å². The van der Waals surface area contributed by atoms with Crippen LogP contribution in [0.2, 0.25) is 0 Å². The number of rotatable bonds is 10. The normalized spacial score (nSPS) is 12.9. The van der Waals surface area contributed by atoms with E-state index in [1.165, 1.54) is 11.1 Å². The molecule has 4 aromatic rings. The molecule has 0 aliphatic rings. The molecule has 0 atom stereocenters. The predicted octanol–water partition coefficient (Wildman–Crippen LogP) is 17.1. The maximum absolute atomic E-state index is 13.7. The van der Waals surface area contributed by atoms with Gasteiger partial charge in [0.1, 0.15) is 28.6 Å². The molecule has 0 unspecified atom stereocenters. The van der Waals surface area contributed by atoms with Crippen LogP contribution in [0, 0.1) is 27.7 Å². The summed E-state index contributed by atoms with van der Waals surface area (Å²) in [5.74, 6) is 2.61. The molecule has 0 heterocycles.